The van der Waals surface area contributed by atoms with Crippen molar-refractivity contribution in [2.45, 2.75) is 32.3 Å². The summed E-state index contributed by atoms with van der Waals surface area (Å²) in [5.74, 6) is 2.57. The number of hydrogen-bond donors (Lipinski definition) is 1. The van der Waals surface area contributed by atoms with Crippen molar-refractivity contribution in [1.82, 2.24) is 20.2 Å². The molecule has 0 spiro atoms. The van der Waals surface area contributed by atoms with Crippen molar-refractivity contribution in [2.75, 3.05) is 36.5 Å². The van der Waals surface area contributed by atoms with E-state index in [2.05, 4.69) is 36.4 Å². The van der Waals surface area contributed by atoms with Crippen LogP contribution in [0.5, 0.6) is 0 Å². The molecule has 3 aliphatic rings. The van der Waals surface area contributed by atoms with E-state index in [1.165, 1.54) is 17.7 Å². The minimum Gasteiger partial charge on any atom is -0.376 e. The van der Waals surface area contributed by atoms with Crippen LogP contribution in [0.25, 0.3) is 0 Å². The van der Waals surface area contributed by atoms with Crippen LogP contribution in [0.2, 0.25) is 0 Å². The van der Waals surface area contributed by atoms with Gasteiger partial charge in [0.1, 0.15) is 12.1 Å². The summed E-state index contributed by atoms with van der Waals surface area (Å²) in [5.41, 5.74) is 4.82. The lowest BCUT2D eigenvalue weighted by Crippen LogP contribution is -2.50. The number of aromatic nitrogens is 4. The Morgan fingerprint density at radius 1 is 1.12 bits per heavy atom. The highest BCUT2D eigenvalue weighted by molar-refractivity contribution is 5.48. The number of fused-ring (bicyclic) bond motifs is 2. The third-order valence-electron chi connectivity index (χ3n) is 5.41. The van der Waals surface area contributed by atoms with Crippen LogP contribution in [0.15, 0.2) is 12.4 Å². The molecule has 0 atom stereocenters. The summed E-state index contributed by atoms with van der Waals surface area (Å²) in [6, 6.07) is 2.23. The predicted molar refractivity (Wildman–Crippen MR) is 93.6 cm³/mol. The van der Waals surface area contributed by atoms with Gasteiger partial charge in [-0.1, -0.05) is 0 Å². The second-order valence-electron chi connectivity index (χ2n) is 7.13. The van der Waals surface area contributed by atoms with Crippen LogP contribution in [-0.2, 0) is 30.6 Å². The van der Waals surface area contributed by atoms with E-state index in [9.17, 15) is 0 Å². The van der Waals surface area contributed by atoms with E-state index >= 15 is 0 Å². The molecule has 7 nitrogen and oxygen atoms in total. The second kappa shape index (κ2) is 6.22. The zero-order valence-electron chi connectivity index (χ0n) is 14.2. The first-order valence-corrected chi connectivity index (χ1v) is 9.11. The molecule has 0 aromatic carbocycles. The Hall–Kier alpha value is -2.28. The quantitative estimate of drug-likeness (QED) is 0.902. The van der Waals surface area contributed by atoms with E-state index < -0.39 is 0 Å². The Labute approximate surface area is 146 Å². The summed E-state index contributed by atoms with van der Waals surface area (Å²) in [6.07, 6.45) is 5.98. The molecule has 0 unspecified atom stereocenters. The highest BCUT2D eigenvalue weighted by atomic mass is 16.5. The van der Waals surface area contributed by atoms with E-state index in [-0.39, 0.29) is 0 Å². The number of nitrogens with one attached hydrogen (secondary N) is 1. The van der Waals surface area contributed by atoms with Gasteiger partial charge in [0.25, 0.3) is 0 Å². The summed E-state index contributed by atoms with van der Waals surface area (Å²) >= 11 is 0. The number of rotatable bonds is 4. The predicted octanol–water partition coefficient (Wildman–Crippen LogP) is 1.38. The molecule has 4 heterocycles. The third kappa shape index (κ3) is 2.82. The number of ether oxygens (including phenoxy) is 1. The van der Waals surface area contributed by atoms with Gasteiger partial charge in [0.05, 0.1) is 24.6 Å². The molecule has 2 aromatic heterocycles. The topological polar surface area (TPSA) is 76.1 Å². The van der Waals surface area contributed by atoms with E-state index in [0.717, 1.165) is 68.4 Å². The first-order valence-electron chi connectivity index (χ1n) is 9.11. The number of anilines is 2. The van der Waals surface area contributed by atoms with E-state index in [1.54, 1.807) is 6.33 Å². The minimum atomic E-state index is 0.602. The van der Waals surface area contributed by atoms with Crippen LogP contribution in [0.4, 0.5) is 11.6 Å². The molecule has 25 heavy (non-hydrogen) atoms. The molecule has 0 amide bonds. The lowest BCUT2D eigenvalue weighted by atomic mass is 10.00. The standard InChI is InChI=1S/C18H22N6O/c1-2-13-6-17(23-22-15(13)3-1)24-8-12(9-24)7-19-18-14-10-25-5-4-16(14)20-11-21-18/h6,11-12H,1-5,7-10H2,(H,19,20,21). The molecule has 7 heteroatoms. The fourth-order valence-electron chi connectivity index (χ4n) is 3.91. The molecule has 0 saturated carbocycles. The van der Waals surface area contributed by atoms with Gasteiger partial charge in [0.15, 0.2) is 5.82 Å². The van der Waals surface area contributed by atoms with Gasteiger partial charge in [-0.2, -0.15) is 5.10 Å². The highest BCUT2D eigenvalue weighted by Gasteiger charge is 2.29. The zero-order chi connectivity index (χ0) is 16.6. The maximum absolute atomic E-state index is 5.55. The van der Waals surface area contributed by atoms with Crippen molar-refractivity contribution in [3.8, 4) is 0 Å². The smallest absolute Gasteiger partial charge is 0.151 e. The molecule has 2 aromatic rings. The van der Waals surface area contributed by atoms with Crippen molar-refractivity contribution in [3.05, 3.63) is 34.9 Å². The fourth-order valence-corrected chi connectivity index (χ4v) is 3.91. The lowest BCUT2D eigenvalue weighted by Gasteiger charge is -2.40. The molecule has 0 bridgehead atoms. The molecular formula is C18H22N6O. The maximum Gasteiger partial charge on any atom is 0.151 e. The van der Waals surface area contributed by atoms with Crippen molar-refractivity contribution >= 4 is 11.6 Å². The first-order chi connectivity index (χ1) is 12.4. The van der Waals surface area contributed by atoms with Crippen LogP contribution in [-0.4, -0.2) is 46.4 Å². The van der Waals surface area contributed by atoms with Crippen LogP contribution >= 0.6 is 0 Å². The summed E-state index contributed by atoms with van der Waals surface area (Å²) < 4.78 is 5.55. The van der Waals surface area contributed by atoms with Gasteiger partial charge in [0.2, 0.25) is 0 Å². The Kier molecular flexibility index (Phi) is 3.73. The molecule has 2 aliphatic heterocycles. The largest absolute Gasteiger partial charge is 0.376 e. The lowest BCUT2D eigenvalue weighted by molar-refractivity contribution is 0.109. The Morgan fingerprint density at radius 2 is 2.08 bits per heavy atom. The van der Waals surface area contributed by atoms with Crippen LogP contribution in [0.3, 0.4) is 0 Å². The van der Waals surface area contributed by atoms with E-state index in [0.29, 0.717) is 12.5 Å². The monoisotopic (exact) mass is 338 g/mol. The molecule has 0 radical (unpaired) electrons. The maximum atomic E-state index is 5.55. The second-order valence-corrected chi connectivity index (χ2v) is 7.13. The van der Waals surface area contributed by atoms with Crippen molar-refractivity contribution < 1.29 is 4.74 Å². The molecular weight excluding hydrogens is 316 g/mol. The van der Waals surface area contributed by atoms with Gasteiger partial charge in [-0.05, 0) is 30.9 Å². The normalized spacial score (nSPS) is 19.3. The SMILES string of the molecule is c1nc2c(c(NCC3CN(c4cc5c(nn4)CCC5)C3)n1)COCC2. The van der Waals surface area contributed by atoms with Gasteiger partial charge in [-0.25, -0.2) is 9.97 Å². The summed E-state index contributed by atoms with van der Waals surface area (Å²) in [6.45, 7) is 4.32. The zero-order valence-corrected chi connectivity index (χ0v) is 14.2. The van der Waals surface area contributed by atoms with E-state index in [4.69, 9.17) is 4.74 Å². The number of aryl methyl sites for hydroxylation is 2. The third-order valence-corrected chi connectivity index (χ3v) is 5.41. The Bertz CT molecular complexity index is 789. The van der Waals surface area contributed by atoms with Gasteiger partial charge >= 0.3 is 0 Å². The average molecular weight is 338 g/mol. The molecule has 1 fully saturated rings. The first kappa shape index (κ1) is 15.0. The fraction of sp³-hybridized carbons (Fsp3) is 0.556. The van der Waals surface area contributed by atoms with Gasteiger partial charge in [-0.15, -0.1) is 5.10 Å². The molecule has 130 valence electrons. The highest BCUT2D eigenvalue weighted by Crippen LogP contribution is 2.28. The molecule has 1 saturated heterocycles. The minimum absolute atomic E-state index is 0.602. The molecule has 1 N–H and O–H groups in total. The molecule has 1 aliphatic carbocycles. The van der Waals surface area contributed by atoms with Crippen LogP contribution < -0.4 is 10.2 Å². The van der Waals surface area contributed by atoms with Crippen molar-refractivity contribution in [3.63, 3.8) is 0 Å². The summed E-state index contributed by atoms with van der Waals surface area (Å²) in [4.78, 5) is 11.1. The summed E-state index contributed by atoms with van der Waals surface area (Å²) in [7, 11) is 0. The van der Waals surface area contributed by atoms with Crippen molar-refractivity contribution in [2.24, 2.45) is 5.92 Å². The molecule has 5 rings (SSSR count). The van der Waals surface area contributed by atoms with Gasteiger partial charge in [-0.3, -0.25) is 0 Å². The summed E-state index contributed by atoms with van der Waals surface area (Å²) in [5, 5.41) is 12.3. The van der Waals surface area contributed by atoms with E-state index in [1.807, 2.05) is 0 Å². The van der Waals surface area contributed by atoms with Crippen molar-refractivity contribution in [1.29, 1.82) is 0 Å². The number of hydrogen-bond acceptors (Lipinski definition) is 7. The van der Waals surface area contributed by atoms with Crippen LogP contribution in [0.1, 0.15) is 28.9 Å². The Morgan fingerprint density at radius 3 is 3.04 bits per heavy atom. The number of nitrogens with zero attached hydrogens (tertiary/aromatic N) is 5. The Balaban J connectivity index is 1.18. The van der Waals surface area contributed by atoms with Crippen LogP contribution in [0, 0.1) is 5.92 Å². The van der Waals surface area contributed by atoms with Gasteiger partial charge < -0.3 is 15.0 Å². The average Bonchev–Trinajstić information content (AvgIpc) is 3.08. The van der Waals surface area contributed by atoms with Gasteiger partial charge in [0, 0.05) is 37.5 Å².